The van der Waals surface area contributed by atoms with Gasteiger partial charge in [0, 0.05) is 25.4 Å². The molecule has 0 bridgehead atoms. The molecule has 35 heavy (non-hydrogen) atoms. The quantitative estimate of drug-likeness (QED) is 0.570. The monoisotopic (exact) mass is 483 g/mol. The van der Waals surface area contributed by atoms with Crippen LogP contribution in [0.25, 0.3) is 11.0 Å². The number of carbonyl (C=O) groups is 2. The van der Waals surface area contributed by atoms with E-state index in [9.17, 15) is 22.8 Å². The number of aromatic nitrogens is 3. The zero-order valence-corrected chi connectivity index (χ0v) is 18.5. The van der Waals surface area contributed by atoms with E-state index in [0.717, 1.165) is 12.1 Å². The average Bonchev–Trinajstić information content (AvgIpc) is 3.15. The highest BCUT2D eigenvalue weighted by Crippen LogP contribution is 2.29. The lowest BCUT2D eigenvalue weighted by atomic mass is 10.1. The van der Waals surface area contributed by atoms with E-state index in [2.05, 4.69) is 20.6 Å². The summed E-state index contributed by atoms with van der Waals surface area (Å²) in [5, 5.41) is 5.83. The maximum Gasteiger partial charge on any atom is 0.416 e. The first-order chi connectivity index (χ1) is 16.7. The Labute approximate surface area is 197 Å². The summed E-state index contributed by atoms with van der Waals surface area (Å²) >= 11 is 0. The van der Waals surface area contributed by atoms with Crippen molar-refractivity contribution in [1.29, 1.82) is 0 Å². The molecule has 3 aromatic rings. The SMILES string of the molecule is CNC(=O)n1ccc2c(OC3=CC=C(NC(=O)Cc4ccc(C(F)(F)F)cc4)CC=C3)ncnc21. The van der Waals surface area contributed by atoms with Gasteiger partial charge in [-0.05, 0) is 42.0 Å². The molecule has 2 heterocycles. The van der Waals surface area contributed by atoms with Crippen LogP contribution < -0.4 is 15.4 Å². The second-order valence-corrected chi connectivity index (χ2v) is 7.55. The molecule has 8 nitrogen and oxygen atoms in total. The fourth-order valence-electron chi connectivity index (χ4n) is 3.39. The lowest BCUT2D eigenvalue weighted by Gasteiger charge is -2.09. The molecule has 0 saturated carbocycles. The number of nitrogens with one attached hydrogen (secondary N) is 2. The minimum Gasteiger partial charge on any atom is -0.438 e. The zero-order valence-electron chi connectivity index (χ0n) is 18.5. The average molecular weight is 483 g/mol. The van der Waals surface area contributed by atoms with Gasteiger partial charge < -0.3 is 15.4 Å². The summed E-state index contributed by atoms with van der Waals surface area (Å²) in [4.78, 5) is 32.6. The Balaban J connectivity index is 1.43. The van der Waals surface area contributed by atoms with E-state index in [1.165, 1.54) is 30.1 Å². The molecule has 0 aliphatic heterocycles. The Bertz CT molecular complexity index is 1350. The van der Waals surface area contributed by atoms with Crippen LogP contribution in [0, 0.1) is 0 Å². The first kappa shape index (κ1) is 23.7. The molecule has 2 amide bonds. The number of benzene rings is 1. The van der Waals surface area contributed by atoms with Crippen LogP contribution in [0.4, 0.5) is 18.0 Å². The summed E-state index contributed by atoms with van der Waals surface area (Å²) in [6.45, 7) is 0. The third kappa shape index (κ3) is 5.57. The maximum atomic E-state index is 12.7. The van der Waals surface area contributed by atoms with Crippen molar-refractivity contribution in [2.24, 2.45) is 0 Å². The van der Waals surface area contributed by atoms with Crippen molar-refractivity contribution in [3.8, 4) is 5.88 Å². The summed E-state index contributed by atoms with van der Waals surface area (Å²) in [7, 11) is 1.51. The second-order valence-electron chi connectivity index (χ2n) is 7.55. The van der Waals surface area contributed by atoms with Gasteiger partial charge in [-0.25, -0.2) is 14.8 Å². The van der Waals surface area contributed by atoms with Gasteiger partial charge >= 0.3 is 12.2 Å². The lowest BCUT2D eigenvalue weighted by Crippen LogP contribution is -2.24. The summed E-state index contributed by atoms with van der Waals surface area (Å²) in [5.41, 5.74) is 0.688. The minimum atomic E-state index is -4.42. The highest BCUT2D eigenvalue weighted by molar-refractivity contribution is 5.91. The van der Waals surface area contributed by atoms with E-state index in [-0.39, 0.29) is 24.2 Å². The van der Waals surface area contributed by atoms with Crippen LogP contribution >= 0.6 is 0 Å². The summed E-state index contributed by atoms with van der Waals surface area (Å²) in [5.74, 6) is 0.358. The lowest BCUT2D eigenvalue weighted by molar-refractivity contribution is -0.137. The smallest absolute Gasteiger partial charge is 0.416 e. The fraction of sp³-hybridized carbons (Fsp3) is 0.167. The second kappa shape index (κ2) is 9.84. The molecule has 1 aliphatic carbocycles. The third-order valence-corrected chi connectivity index (χ3v) is 5.11. The van der Waals surface area contributed by atoms with E-state index < -0.39 is 11.7 Å². The molecule has 1 aliphatic rings. The van der Waals surface area contributed by atoms with Crippen molar-refractivity contribution in [3.05, 3.63) is 89.7 Å². The molecule has 0 spiro atoms. The predicted octanol–water partition coefficient (Wildman–Crippen LogP) is 4.10. The van der Waals surface area contributed by atoms with Crippen LogP contribution in [0.5, 0.6) is 5.88 Å². The highest BCUT2D eigenvalue weighted by Gasteiger charge is 2.30. The fourth-order valence-corrected chi connectivity index (χ4v) is 3.39. The van der Waals surface area contributed by atoms with Crippen LogP contribution in [0.3, 0.4) is 0 Å². The van der Waals surface area contributed by atoms with Gasteiger partial charge in [0.2, 0.25) is 11.8 Å². The van der Waals surface area contributed by atoms with E-state index in [4.69, 9.17) is 4.74 Å². The Morgan fingerprint density at radius 1 is 1.11 bits per heavy atom. The first-order valence-corrected chi connectivity index (χ1v) is 10.5. The number of amides is 2. The number of alkyl halides is 3. The number of fused-ring (bicyclic) bond motifs is 1. The van der Waals surface area contributed by atoms with Crippen molar-refractivity contribution in [2.75, 3.05) is 7.05 Å². The van der Waals surface area contributed by atoms with E-state index >= 15 is 0 Å². The van der Waals surface area contributed by atoms with Crippen molar-refractivity contribution < 1.29 is 27.5 Å². The van der Waals surface area contributed by atoms with Gasteiger partial charge in [0.1, 0.15) is 12.1 Å². The minimum absolute atomic E-state index is 0.0620. The number of rotatable bonds is 5. The topological polar surface area (TPSA) is 98.1 Å². The third-order valence-electron chi connectivity index (χ3n) is 5.11. The van der Waals surface area contributed by atoms with Gasteiger partial charge in [0.05, 0.1) is 17.4 Å². The Morgan fingerprint density at radius 2 is 1.89 bits per heavy atom. The maximum absolute atomic E-state index is 12.7. The highest BCUT2D eigenvalue weighted by atomic mass is 19.4. The van der Waals surface area contributed by atoms with Crippen molar-refractivity contribution in [1.82, 2.24) is 25.2 Å². The van der Waals surface area contributed by atoms with Crippen molar-refractivity contribution in [2.45, 2.75) is 19.0 Å². The Hall–Kier alpha value is -4.41. The number of halogens is 3. The zero-order chi connectivity index (χ0) is 25.0. The predicted molar refractivity (Wildman–Crippen MR) is 121 cm³/mol. The van der Waals surface area contributed by atoms with E-state index in [0.29, 0.717) is 34.5 Å². The molecule has 180 valence electrons. The molecular weight excluding hydrogens is 463 g/mol. The number of hydrogen-bond donors (Lipinski definition) is 2. The van der Waals surface area contributed by atoms with Crippen LogP contribution in [-0.4, -0.2) is 33.5 Å². The van der Waals surface area contributed by atoms with Crippen molar-refractivity contribution in [3.63, 3.8) is 0 Å². The number of nitrogens with zero attached hydrogens (tertiary/aromatic N) is 3. The van der Waals surface area contributed by atoms with Crippen LogP contribution in [-0.2, 0) is 17.4 Å². The molecule has 4 rings (SSSR count). The molecule has 0 atom stereocenters. The number of hydrogen-bond acceptors (Lipinski definition) is 5. The van der Waals surface area contributed by atoms with Gasteiger partial charge in [0.25, 0.3) is 0 Å². The van der Waals surface area contributed by atoms with Crippen molar-refractivity contribution >= 4 is 23.0 Å². The molecule has 0 radical (unpaired) electrons. The van der Waals surface area contributed by atoms with Crippen LogP contribution in [0.15, 0.2) is 78.6 Å². The van der Waals surface area contributed by atoms with E-state index in [1.54, 1.807) is 36.6 Å². The molecule has 0 saturated heterocycles. The standard InChI is InChI=1S/C24H20F3N5O3/c1-28-23(34)32-12-11-19-21(32)29-14-30-22(19)35-18-4-2-3-17(9-10-18)31-20(33)13-15-5-7-16(8-6-15)24(25,26)27/h2,4-12,14H,3,13H2,1H3,(H,28,34)(H,31,33). The van der Waals surface area contributed by atoms with Crippen LogP contribution in [0.1, 0.15) is 17.5 Å². The number of allylic oxidation sites excluding steroid dienone is 4. The molecule has 1 aromatic carbocycles. The van der Waals surface area contributed by atoms with Gasteiger partial charge in [0.15, 0.2) is 5.65 Å². The molecule has 2 aromatic heterocycles. The van der Waals surface area contributed by atoms with E-state index in [1.807, 2.05) is 0 Å². The summed E-state index contributed by atoms with van der Waals surface area (Å²) < 4.78 is 45.3. The molecule has 0 fully saturated rings. The van der Waals surface area contributed by atoms with Gasteiger partial charge in [-0.2, -0.15) is 13.2 Å². The molecule has 2 N–H and O–H groups in total. The number of carbonyl (C=O) groups excluding carboxylic acids is 2. The summed E-state index contributed by atoms with van der Waals surface area (Å²) in [6.07, 6.45) is 5.62. The normalized spacial score (nSPS) is 13.6. The molecule has 11 heteroatoms. The largest absolute Gasteiger partial charge is 0.438 e. The Morgan fingerprint density at radius 3 is 2.60 bits per heavy atom. The van der Waals surface area contributed by atoms with Gasteiger partial charge in [-0.15, -0.1) is 0 Å². The van der Waals surface area contributed by atoms with Crippen LogP contribution in [0.2, 0.25) is 0 Å². The molecular formula is C24H20F3N5O3. The summed E-state index contributed by atoms with van der Waals surface area (Å²) in [6, 6.07) is 5.80. The van der Waals surface area contributed by atoms with Gasteiger partial charge in [-0.1, -0.05) is 18.2 Å². The van der Waals surface area contributed by atoms with Gasteiger partial charge in [-0.3, -0.25) is 9.36 Å². The molecule has 0 unspecified atom stereocenters. The first-order valence-electron chi connectivity index (χ1n) is 10.5. The number of ether oxygens (including phenoxy) is 1. The Kier molecular flexibility index (Phi) is 6.67.